The normalized spacial score (nSPS) is 13.2. The van der Waals surface area contributed by atoms with Crippen LogP contribution in [0.4, 0.5) is 5.82 Å². The second kappa shape index (κ2) is 6.36. The molecule has 3 rings (SSSR count). The van der Waals surface area contributed by atoms with Gasteiger partial charge in [0, 0.05) is 13.1 Å². The van der Waals surface area contributed by atoms with E-state index in [-0.39, 0.29) is 0 Å². The van der Waals surface area contributed by atoms with Crippen LogP contribution in [0.25, 0.3) is 0 Å². The lowest BCUT2D eigenvalue weighted by atomic mass is 9.98. The number of rotatable bonds is 3. The Kier molecular flexibility index (Phi) is 4.26. The molecule has 1 aromatic carbocycles. The third-order valence-electron chi connectivity index (χ3n) is 4.57. The van der Waals surface area contributed by atoms with Crippen molar-refractivity contribution in [3.05, 3.63) is 40.1 Å². The lowest BCUT2D eigenvalue weighted by Gasteiger charge is -2.31. The maximum atomic E-state index is 9.52. The summed E-state index contributed by atoms with van der Waals surface area (Å²) in [6, 6.07) is 6.31. The summed E-state index contributed by atoms with van der Waals surface area (Å²) in [4.78, 5) is 2.10. The molecule has 2 aromatic rings. The molecule has 0 saturated heterocycles. The van der Waals surface area contributed by atoms with Crippen LogP contribution in [-0.2, 0) is 13.0 Å². The van der Waals surface area contributed by atoms with E-state index in [4.69, 9.17) is 9.47 Å². The number of aromatic nitrogens is 2. The fraction of sp³-hybridized carbons (Fsp3) is 0.389. The standard InChI is InChI=1S/C18H20N4O2/c1-11-12(2)20-21-18(15(11)9-19)22-6-5-13-7-16(23-3)17(24-4)8-14(13)10-22/h7-8H,5-6,10H2,1-4H3. The van der Waals surface area contributed by atoms with Crippen LogP contribution in [0.15, 0.2) is 12.1 Å². The molecule has 0 spiro atoms. The van der Waals surface area contributed by atoms with Crippen LogP contribution in [0.2, 0.25) is 0 Å². The maximum Gasteiger partial charge on any atom is 0.169 e. The van der Waals surface area contributed by atoms with Crippen LogP contribution < -0.4 is 14.4 Å². The molecule has 1 aromatic heterocycles. The highest BCUT2D eigenvalue weighted by Gasteiger charge is 2.23. The molecular formula is C18H20N4O2. The molecule has 1 aliphatic rings. The summed E-state index contributed by atoms with van der Waals surface area (Å²) >= 11 is 0. The average molecular weight is 324 g/mol. The molecular weight excluding hydrogens is 304 g/mol. The summed E-state index contributed by atoms with van der Waals surface area (Å²) in [5.74, 6) is 2.11. The highest BCUT2D eigenvalue weighted by Crippen LogP contribution is 2.34. The van der Waals surface area contributed by atoms with Crippen molar-refractivity contribution in [3.63, 3.8) is 0 Å². The first-order valence-electron chi connectivity index (χ1n) is 7.81. The second-order valence-corrected chi connectivity index (χ2v) is 5.87. The highest BCUT2D eigenvalue weighted by molar-refractivity contribution is 5.59. The number of aryl methyl sites for hydroxylation is 1. The molecule has 24 heavy (non-hydrogen) atoms. The Labute approximate surface area is 141 Å². The molecule has 0 bridgehead atoms. The minimum absolute atomic E-state index is 0.603. The van der Waals surface area contributed by atoms with Gasteiger partial charge < -0.3 is 14.4 Å². The molecule has 0 fully saturated rings. The Balaban J connectivity index is 1.99. The van der Waals surface area contributed by atoms with Crippen molar-refractivity contribution in [2.45, 2.75) is 26.8 Å². The number of benzene rings is 1. The number of fused-ring (bicyclic) bond motifs is 1. The maximum absolute atomic E-state index is 9.52. The number of methoxy groups -OCH3 is 2. The topological polar surface area (TPSA) is 71.3 Å². The Hall–Kier alpha value is -2.81. The van der Waals surface area contributed by atoms with E-state index in [1.165, 1.54) is 5.56 Å². The number of nitrogens with zero attached hydrogens (tertiary/aromatic N) is 4. The summed E-state index contributed by atoms with van der Waals surface area (Å²) in [7, 11) is 3.27. The van der Waals surface area contributed by atoms with Gasteiger partial charge in [-0.3, -0.25) is 0 Å². The quantitative estimate of drug-likeness (QED) is 0.864. The minimum atomic E-state index is 0.603. The van der Waals surface area contributed by atoms with E-state index in [2.05, 4.69) is 21.2 Å². The SMILES string of the molecule is COc1cc2c(cc1OC)CN(c1nnc(C)c(C)c1C#N)CC2. The fourth-order valence-corrected chi connectivity index (χ4v) is 3.02. The largest absolute Gasteiger partial charge is 0.493 e. The zero-order valence-corrected chi connectivity index (χ0v) is 14.4. The summed E-state index contributed by atoms with van der Waals surface area (Å²) in [5.41, 5.74) is 4.67. The third-order valence-corrected chi connectivity index (χ3v) is 4.57. The van der Waals surface area contributed by atoms with Gasteiger partial charge in [-0.25, -0.2) is 0 Å². The smallest absolute Gasteiger partial charge is 0.169 e. The number of ether oxygens (including phenoxy) is 2. The summed E-state index contributed by atoms with van der Waals surface area (Å²) in [5, 5.41) is 18.0. The molecule has 0 N–H and O–H groups in total. The second-order valence-electron chi connectivity index (χ2n) is 5.87. The highest BCUT2D eigenvalue weighted by atomic mass is 16.5. The van der Waals surface area contributed by atoms with Crippen molar-refractivity contribution in [3.8, 4) is 17.6 Å². The zero-order chi connectivity index (χ0) is 17.3. The van der Waals surface area contributed by atoms with Crippen LogP contribution in [0.5, 0.6) is 11.5 Å². The van der Waals surface area contributed by atoms with Crippen LogP contribution in [0, 0.1) is 25.2 Å². The molecule has 124 valence electrons. The van der Waals surface area contributed by atoms with Gasteiger partial charge >= 0.3 is 0 Å². The van der Waals surface area contributed by atoms with Gasteiger partial charge in [-0.2, -0.15) is 10.4 Å². The number of nitriles is 1. The predicted octanol–water partition coefficient (Wildman–Crippen LogP) is 2.55. The van der Waals surface area contributed by atoms with Gasteiger partial charge in [-0.15, -0.1) is 5.10 Å². The Morgan fingerprint density at radius 3 is 2.38 bits per heavy atom. The Bertz CT molecular complexity index is 827. The molecule has 0 radical (unpaired) electrons. The lowest BCUT2D eigenvalue weighted by molar-refractivity contribution is 0.353. The van der Waals surface area contributed by atoms with Gasteiger partial charge in [0.2, 0.25) is 0 Å². The Morgan fingerprint density at radius 1 is 1.08 bits per heavy atom. The average Bonchev–Trinajstić information content (AvgIpc) is 2.62. The van der Waals surface area contributed by atoms with E-state index in [9.17, 15) is 5.26 Å². The first-order chi connectivity index (χ1) is 11.6. The van der Waals surface area contributed by atoms with Crippen molar-refractivity contribution in [2.24, 2.45) is 0 Å². The minimum Gasteiger partial charge on any atom is -0.493 e. The lowest BCUT2D eigenvalue weighted by Crippen LogP contribution is -2.32. The Morgan fingerprint density at radius 2 is 1.75 bits per heavy atom. The zero-order valence-electron chi connectivity index (χ0n) is 14.4. The van der Waals surface area contributed by atoms with Gasteiger partial charge in [0.05, 0.1) is 19.9 Å². The van der Waals surface area contributed by atoms with E-state index in [1.807, 2.05) is 26.0 Å². The molecule has 1 aliphatic heterocycles. The monoisotopic (exact) mass is 324 g/mol. The molecule has 6 nitrogen and oxygen atoms in total. The van der Waals surface area contributed by atoms with Crippen LogP contribution in [-0.4, -0.2) is 31.0 Å². The van der Waals surface area contributed by atoms with Crippen molar-refractivity contribution >= 4 is 5.82 Å². The van der Waals surface area contributed by atoms with Crippen molar-refractivity contribution in [1.29, 1.82) is 5.26 Å². The predicted molar refractivity (Wildman–Crippen MR) is 90.5 cm³/mol. The molecule has 0 amide bonds. The number of hydrogen-bond donors (Lipinski definition) is 0. The van der Waals surface area contributed by atoms with E-state index < -0.39 is 0 Å². The molecule has 0 saturated carbocycles. The van der Waals surface area contributed by atoms with Crippen molar-refractivity contribution in [2.75, 3.05) is 25.7 Å². The van der Waals surface area contributed by atoms with Crippen molar-refractivity contribution in [1.82, 2.24) is 10.2 Å². The van der Waals surface area contributed by atoms with E-state index in [0.717, 1.165) is 35.5 Å². The van der Waals surface area contributed by atoms with Crippen LogP contribution >= 0.6 is 0 Å². The van der Waals surface area contributed by atoms with Crippen LogP contribution in [0.3, 0.4) is 0 Å². The van der Waals surface area contributed by atoms with E-state index in [0.29, 0.717) is 23.7 Å². The molecule has 2 heterocycles. The van der Waals surface area contributed by atoms with Crippen molar-refractivity contribution < 1.29 is 9.47 Å². The number of anilines is 1. The van der Waals surface area contributed by atoms with E-state index >= 15 is 0 Å². The molecule has 0 aliphatic carbocycles. The van der Waals surface area contributed by atoms with Gasteiger partial charge in [-0.1, -0.05) is 0 Å². The van der Waals surface area contributed by atoms with Crippen LogP contribution in [0.1, 0.15) is 27.9 Å². The van der Waals surface area contributed by atoms with Gasteiger partial charge in [0.15, 0.2) is 17.3 Å². The van der Waals surface area contributed by atoms with Gasteiger partial charge in [0.1, 0.15) is 11.6 Å². The summed E-state index contributed by atoms with van der Waals surface area (Å²) < 4.78 is 10.8. The summed E-state index contributed by atoms with van der Waals surface area (Å²) in [6.45, 7) is 5.24. The first-order valence-corrected chi connectivity index (χ1v) is 7.81. The molecule has 0 unspecified atom stereocenters. The summed E-state index contributed by atoms with van der Waals surface area (Å²) in [6.07, 6.45) is 0.856. The number of hydrogen-bond acceptors (Lipinski definition) is 6. The first kappa shape index (κ1) is 16.1. The molecule has 6 heteroatoms. The molecule has 0 atom stereocenters. The van der Waals surface area contributed by atoms with Gasteiger partial charge in [-0.05, 0) is 49.1 Å². The van der Waals surface area contributed by atoms with Gasteiger partial charge in [0.25, 0.3) is 0 Å². The third kappa shape index (κ3) is 2.62. The van der Waals surface area contributed by atoms with E-state index in [1.54, 1.807) is 14.2 Å². The fourth-order valence-electron chi connectivity index (χ4n) is 3.02.